The summed E-state index contributed by atoms with van der Waals surface area (Å²) < 4.78 is 27.7. The van der Waals surface area contributed by atoms with Crippen molar-refractivity contribution in [2.45, 2.75) is 44.1 Å². The van der Waals surface area contributed by atoms with Crippen molar-refractivity contribution in [2.75, 3.05) is 7.05 Å². The van der Waals surface area contributed by atoms with Gasteiger partial charge in [-0.15, -0.1) is 0 Å². The third-order valence-corrected chi connectivity index (χ3v) is 4.91. The van der Waals surface area contributed by atoms with Gasteiger partial charge in [-0.1, -0.05) is 0 Å². The zero-order valence-corrected chi connectivity index (χ0v) is 13.3. The summed E-state index contributed by atoms with van der Waals surface area (Å²) in [5, 5.41) is 5.50. The molecule has 1 heterocycles. The molecule has 3 rings (SSSR count). The van der Waals surface area contributed by atoms with Gasteiger partial charge in [-0.2, -0.15) is 0 Å². The van der Waals surface area contributed by atoms with Gasteiger partial charge in [0.1, 0.15) is 5.69 Å². The summed E-state index contributed by atoms with van der Waals surface area (Å²) in [6, 6.07) is 1.60. The van der Waals surface area contributed by atoms with Gasteiger partial charge in [-0.3, -0.25) is 9.59 Å². The van der Waals surface area contributed by atoms with Crippen LogP contribution in [0.25, 0.3) is 0 Å². The molecule has 2 N–H and O–H groups in total. The van der Waals surface area contributed by atoms with Crippen LogP contribution in [-0.4, -0.2) is 29.4 Å². The molecule has 5 nitrogen and oxygen atoms in total. The van der Waals surface area contributed by atoms with Crippen LogP contribution in [0.5, 0.6) is 0 Å². The summed E-state index contributed by atoms with van der Waals surface area (Å²) >= 11 is 0. The number of aromatic nitrogens is 1. The molecule has 1 fully saturated rings. The molecule has 23 heavy (non-hydrogen) atoms. The van der Waals surface area contributed by atoms with E-state index >= 15 is 0 Å². The number of rotatable bonds is 3. The highest BCUT2D eigenvalue weighted by Gasteiger charge is 2.49. The highest BCUT2D eigenvalue weighted by atomic mass is 19.3. The third-order valence-electron chi connectivity index (χ3n) is 4.91. The molecule has 1 aromatic heterocycles. The highest BCUT2D eigenvalue weighted by molar-refractivity contribution is 5.93. The van der Waals surface area contributed by atoms with Gasteiger partial charge in [0.25, 0.3) is 5.91 Å². The quantitative estimate of drug-likeness (QED) is 0.892. The van der Waals surface area contributed by atoms with E-state index in [0.717, 1.165) is 30.5 Å². The lowest BCUT2D eigenvalue weighted by Gasteiger charge is -2.35. The van der Waals surface area contributed by atoms with Crippen LogP contribution >= 0.6 is 0 Å². The van der Waals surface area contributed by atoms with E-state index in [1.807, 2.05) is 11.6 Å². The highest BCUT2D eigenvalue weighted by Crippen LogP contribution is 2.43. The minimum absolute atomic E-state index is 0.175. The number of carbonyl (C=O) groups is 2. The van der Waals surface area contributed by atoms with Crippen molar-refractivity contribution >= 4 is 11.8 Å². The Balaban J connectivity index is 1.77. The molecule has 2 amide bonds. The van der Waals surface area contributed by atoms with Crippen LogP contribution in [0.1, 0.15) is 53.5 Å². The lowest BCUT2D eigenvalue weighted by Crippen LogP contribution is -2.46. The fraction of sp³-hybridized carbons (Fsp3) is 0.625. The molecule has 1 aromatic rings. The molecule has 0 aromatic carbocycles. The molecular weight excluding hydrogens is 304 g/mol. The van der Waals surface area contributed by atoms with Crippen molar-refractivity contribution < 1.29 is 18.4 Å². The van der Waals surface area contributed by atoms with Crippen LogP contribution in [0.3, 0.4) is 0 Å². The van der Waals surface area contributed by atoms with E-state index in [0.29, 0.717) is 5.69 Å². The molecule has 0 aliphatic heterocycles. The maximum Gasteiger partial charge on any atom is 0.267 e. The number of carbonyl (C=O) groups excluding carboxylic acids is 2. The zero-order chi connectivity index (χ0) is 16.8. The number of amides is 2. The average molecular weight is 325 g/mol. The molecule has 1 atom stereocenters. The second-order valence-corrected chi connectivity index (χ2v) is 6.48. The smallest absolute Gasteiger partial charge is 0.267 e. The van der Waals surface area contributed by atoms with Crippen LogP contribution in [0.2, 0.25) is 0 Å². The Bertz CT molecular complexity index is 646. The monoisotopic (exact) mass is 325 g/mol. The first kappa shape index (κ1) is 16.0. The Kier molecular flexibility index (Phi) is 3.90. The van der Waals surface area contributed by atoms with E-state index in [-0.39, 0.29) is 30.7 Å². The van der Waals surface area contributed by atoms with Gasteiger partial charge >= 0.3 is 0 Å². The lowest BCUT2D eigenvalue weighted by atomic mass is 9.80. The van der Waals surface area contributed by atoms with Crippen molar-refractivity contribution in [3.63, 3.8) is 0 Å². The second kappa shape index (κ2) is 5.62. The van der Waals surface area contributed by atoms with Crippen molar-refractivity contribution in [1.29, 1.82) is 0 Å². The Morgan fingerprint density at radius 3 is 2.65 bits per heavy atom. The lowest BCUT2D eigenvalue weighted by molar-refractivity contribution is -0.150. The topological polar surface area (TPSA) is 63.1 Å². The molecular formula is C16H21F2N3O2. The number of fused-ring (bicyclic) bond motifs is 1. The zero-order valence-electron chi connectivity index (χ0n) is 13.3. The van der Waals surface area contributed by atoms with Gasteiger partial charge in [0.2, 0.25) is 11.8 Å². The first-order valence-electron chi connectivity index (χ1n) is 7.91. The molecule has 0 radical (unpaired) electrons. The first-order chi connectivity index (χ1) is 10.8. The summed E-state index contributed by atoms with van der Waals surface area (Å²) in [6.07, 6.45) is 1.77. The minimum atomic E-state index is -2.70. The largest absolute Gasteiger partial charge is 0.354 e. The van der Waals surface area contributed by atoms with Crippen molar-refractivity contribution in [3.8, 4) is 0 Å². The number of hydrogen-bond acceptors (Lipinski definition) is 2. The van der Waals surface area contributed by atoms with E-state index in [4.69, 9.17) is 0 Å². The molecule has 1 unspecified atom stereocenters. The SMILES string of the molecule is CNC(=O)c1cc2c(n1C)CCCC2NC(=O)C1CC(F)(F)C1. The predicted octanol–water partition coefficient (Wildman–Crippen LogP) is 1.92. The first-order valence-corrected chi connectivity index (χ1v) is 7.91. The van der Waals surface area contributed by atoms with E-state index in [9.17, 15) is 18.4 Å². The Hall–Kier alpha value is -1.92. The van der Waals surface area contributed by atoms with Crippen LogP contribution in [0.4, 0.5) is 8.78 Å². The van der Waals surface area contributed by atoms with Crippen molar-refractivity contribution in [1.82, 2.24) is 15.2 Å². The Labute approximate surface area is 133 Å². The standard InChI is InChI=1S/C16H21F2N3O2/c1-19-15(23)13-6-10-11(4-3-5-12(10)21(13)2)20-14(22)9-7-16(17,18)8-9/h6,9,11H,3-5,7-8H2,1-2H3,(H,19,23)(H,20,22). The van der Waals surface area contributed by atoms with Crippen LogP contribution < -0.4 is 10.6 Å². The number of nitrogens with zero attached hydrogens (tertiary/aromatic N) is 1. The Morgan fingerprint density at radius 2 is 2.04 bits per heavy atom. The molecule has 2 aliphatic rings. The molecule has 0 saturated heterocycles. The van der Waals surface area contributed by atoms with Gasteiger partial charge in [0, 0.05) is 38.5 Å². The van der Waals surface area contributed by atoms with E-state index < -0.39 is 11.8 Å². The third kappa shape index (κ3) is 2.84. The molecule has 126 valence electrons. The number of alkyl halides is 2. The molecule has 2 aliphatic carbocycles. The second-order valence-electron chi connectivity index (χ2n) is 6.48. The summed E-state index contributed by atoms with van der Waals surface area (Å²) in [5.41, 5.74) is 2.50. The van der Waals surface area contributed by atoms with Gasteiger partial charge in [0.05, 0.1) is 6.04 Å². The van der Waals surface area contributed by atoms with E-state index in [2.05, 4.69) is 10.6 Å². The van der Waals surface area contributed by atoms with Crippen LogP contribution in [-0.2, 0) is 18.3 Å². The molecule has 0 bridgehead atoms. The normalized spacial score (nSPS) is 22.9. The van der Waals surface area contributed by atoms with Crippen molar-refractivity contribution in [2.24, 2.45) is 13.0 Å². The molecule has 1 saturated carbocycles. The summed E-state index contributed by atoms with van der Waals surface area (Å²) in [6.45, 7) is 0. The molecule has 0 spiro atoms. The maximum absolute atomic E-state index is 12.9. The minimum Gasteiger partial charge on any atom is -0.354 e. The molecule has 7 heteroatoms. The summed E-state index contributed by atoms with van der Waals surface area (Å²) in [5.74, 6) is -3.78. The summed E-state index contributed by atoms with van der Waals surface area (Å²) in [7, 11) is 3.41. The number of halogens is 2. The van der Waals surface area contributed by atoms with Crippen LogP contribution in [0.15, 0.2) is 6.07 Å². The fourth-order valence-electron chi connectivity index (χ4n) is 3.54. The van der Waals surface area contributed by atoms with E-state index in [1.165, 1.54) is 0 Å². The van der Waals surface area contributed by atoms with Crippen LogP contribution in [0, 0.1) is 5.92 Å². The van der Waals surface area contributed by atoms with E-state index in [1.54, 1.807) is 13.1 Å². The predicted molar refractivity (Wildman–Crippen MR) is 80.3 cm³/mol. The van der Waals surface area contributed by atoms with Gasteiger partial charge < -0.3 is 15.2 Å². The van der Waals surface area contributed by atoms with Gasteiger partial charge in [0.15, 0.2) is 0 Å². The number of nitrogens with one attached hydrogen (secondary N) is 2. The van der Waals surface area contributed by atoms with Crippen molar-refractivity contribution in [3.05, 3.63) is 23.0 Å². The summed E-state index contributed by atoms with van der Waals surface area (Å²) in [4.78, 5) is 24.1. The maximum atomic E-state index is 12.9. The number of hydrogen-bond donors (Lipinski definition) is 2. The Morgan fingerprint density at radius 1 is 1.35 bits per heavy atom. The van der Waals surface area contributed by atoms with Gasteiger partial charge in [-0.05, 0) is 30.9 Å². The average Bonchev–Trinajstić information content (AvgIpc) is 2.82. The fourth-order valence-corrected chi connectivity index (χ4v) is 3.54. The van der Waals surface area contributed by atoms with Gasteiger partial charge in [-0.25, -0.2) is 8.78 Å².